The first-order valence-corrected chi connectivity index (χ1v) is 22.3. The molecule has 0 aromatic heterocycles. The Bertz CT molecular complexity index is 836. The molecule has 0 bridgehead atoms. The number of unbranched alkanes of at least 4 members (excludes halogenated alkanes) is 21. The minimum absolute atomic E-state index is 0.0191. The Morgan fingerprint density at radius 2 is 1.00 bits per heavy atom. The molecule has 0 saturated carbocycles. The van der Waals surface area contributed by atoms with E-state index in [4.69, 9.17) is 14.2 Å². The Hall–Kier alpha value is -1.67. The molecule has 1 fully saturated rings. The van der Waals surface area contributed by atoms with E-state index in [0.717, 1.165) is 57.8 Å². The van der Waals surface area contributed by atoms with Gasteiger partial charge in [0.1, 0.15) is 12.1 Å². The van der Waals surface area contributed by atoms with E-state index >= 15 is 0 Å². The summed E-state index contributed by atoms with van der Waals surface area (Å²) in [4.78, 5) is 39.7. The van der Waals surface area contributed by atoms with E-state index in [-0.39, 0.29) is 30.6 Å². The zero-order valence-corrected chi connectivity index (χ0v) is 34.3. The molecule has 0 aromatic rings. The number of hydrogen-bond acceptors (Lipinski definition) is 8. The quantitative estimate of drug-likeness (QED) is 0.0382. The van der Waals surface area contributed by atoms with E-state index in [9.17, 15) is 19.5 Å². The summed E-state index contributed by atoms with van der Waals surface area (Å²) in [6.45, 7) is 8.66. The lowest BCUT2D eigenvalue weighted by molar-refractivity contribution is -0.150. The summed E-state index contributed by atoms with van der Waals surface area (Å²) in [6, 6.07) is -0.439. The molecule has 0 spiro atoms. The van der Waals surface area contributed by atoms with Crippen molar-refractivity contribution in [2.75, 3.05) is 26.3 Å². The summed E-state index contributed by atoms with van der Waals surface area (Å²) in [5.74, 6) is -0.547. The molecule has 52 heavy (non-hydrogen) atoms. The molecular formula is C44H83NO7. The van der Waals surface area contributed by atoms with Crippen LogP contribution in [0.4, 0.5) is 0 Å². The van der Waals surface area contributed by atoms with Crippen molar-refractivity contribution in [3.63, 3.8) is 0 Å². The summed E-state index contributed by atoms with van der Waals surface area (Å²) in [7, 11) is 0. The summed E-state index contributed by atoms with van der Waals surface area (Å²) >= 11 is 0. The lowest BCUT2D eigenvalue weighted by Crippen LogP contribution is -2.38. The third-order valence-electron chi connectivity index (χ3n) is 10.6. The largest absolute Gasteiger partial charge is 0.466 e. The van der Waals surface area contributed by atoms with Crippen LogP contribution in [0.25, 0.3) is 0 Å². The number of esters is 3. The Balaban J connectivity index is 2.21. The zero-order valence-electron chi connectivity index (χ0n) is 34.3. The van der Waals surface area contributed by atoms with Gasteiger partial charge in [-0.2, -0.15) is 0 Å². The number of carbonyl (C=O) groups excluding carboxylic acids is 3. The highest BCUT2D eigenvalue weighted by Gasteiger charge is 2.36. The molecular weight excluding hydrogens is 654 g/mol. The molecule has 1 aliphatic rings. The van der Waals surface area contributed by atoms with E-state index in [2.05, 4.69) is 20.8 Å². The topological polar surface area (TPSA) is 102 Å². The van der Waals surface area contributed by atoms with Crippen LogP contribution in [0, 0.1) is 0 Å². The van der Waals surface area contributed by atoms with Crippen LogP contribution >= 0.6 is 0 Å². The van der Waals surface area contributed by atoms with Crippen LogP contribution in [0.3, 0.4) is 0 Å². The number of nitrogens with zero attached hydrogens (tertiary/aromatic N) is 1. The smallest absolute Gasteiger partial charge is 0.323 e. The maximum Gasteiger partial charge on any atom is 0.323 e. The van der Waals surface area contributed by atoms with Crippen molar-refractivity contribution in [1.82, 2.24) is 4.90 Å². The fraction of sp³-hybridized carbons (Fsp3) is 0.932. The standard InChI is InChI=1S/C44H83NO7/c1-4-7-10-13-16-17-18-21-28-35-50-42(47)32-25-22-27-34-45-38-39(46)37-41(45)44(49)51-36-29-26-33-43(48)52-40(30-23-19-14-11-8-5-2)31-24-20-15-12-9-6-3/h39-41,46H,4-38H2,1-3H3/t39?,41-/m0/s1. The van der Waals surface area contributed by atoms with Crippen molar-refractivity contribution in [1.29, 1.82) is 0 Å². The van der Waals surface area contributed by atoms with Crippen LogP contribution in [0.15, 0.2) is 0 Å². The molecule has 2 atom stereocenters. The summed E-state index contributed by atoms with van der Waals surface area (Å²) < 4.78 is 17.0. The van der Waals surface area contributed by atoms with Crippen LogP contribution < -0.4 is 0 Å². The second-order valence-corrected chi connectivity index (χ2v) is 15.6. The predicted molar refractivity (Wildman–Crippen MR) is 213 cm³/mol. The molecule has 0 radical (unpaired) electrons. The predicted octanol–water partition coefficient (Wildman–Crippen LogP) is 11.2. The number of hydrogen-bond donors (Lipinski definition) is 1. The lowest BCUT2D eigenvalue weighted by atomic mass is 10.0. The van der Waals surface area contributed by atoms with Gasteiger partial charge >= 0.3 is 17.9 Å². The fourth-order valence-corrected chi connectivity index (χ4v) is 7.26. The average Bonchev–Trinajstić information content (AvgIpc) is 3.51. The van der Waals surface area contributed by atoms with Gasteiger partial charge in [-0.25, -0.2) is 0 Å². The molecule has 1 aliphatic heterocycles. The first-order chi connectivity index (χ1) is 25.4. The van der Waals surface area contributed by atoms with Gasteiger partial charge in [-0.05, 0) is 64.3 Å². The number of likely N-dealkylation sites (tertiary alicyclic amines) is 1. The van der Waals surface area contributed by atoms with Gasteiger partial charge in [-0.15, -0.1) is 0 Å². The van der Waals surface area contributed by atoms with Gasteiger partial charge in [0, 0.05) is 25.8 Å². The Morgan fingerprint density at radius 3 is 1.58 bits per heavy atom. The van der Waals surface area contributed by atoms with Crippen LogP contribution in [0.1, 0.15) is 220 Å². The van der Waals surface area contributed by atoms with Crippen LogP contribution in [-0.4, -0.2) is 72.5 Å². The lowest BCUT2D eigenvalue weighted by Gasteiger charge is -2.22. The molecule has 8 nitrogen and oxygen atoms in total. The molecule has 1 saturated heterocycles. The zero-order chi connectivity index (χ0) is 37.9. The number of ether oxygens (including phenoxy) is 3. The maximum absolute atomic E-state index is 12.9. The second kappa shape index (κ2) is 35.1. The van der Waals surface area contributed by atoms with Crippen LogP contribution in [0.5, 0.6) is 0 Å². The number of carbonyl (C=O) groups is 3. The maximum atomic E-state index is 12.9. The SMILES string of the molecule is CCCCCCCCCCCOC(=O)CCCCCN1CC(O)C[C@H]1C(=O)OCCCCC(=O)OC(CCCCCCCC)CCCCCCCC. The molecule has 1 N–H and O–H groups in total. The molecule has 0 amide bonds. The minimum Gasteiger partial charge on any atom is -0.466 e. The van der Waals surface area contributed by atoms with Gasteiger partial charge in [0.05, 0.1) is 19.3 Å². The highest BCUT2D eigenvalue weighted by atomic mass is 16.5. The van der Waals surface area contributed by atoms with E-state index in [1.807, 2.05) is 4.90 Å². The van der Waals surface area contributed by atoms with Gasteiger partial charge in [0.2, 0.25) is 0 Å². The minimum atomic E-state index is -0.538. The van der Waals surface area contributed by atoms with E-state index < -0.39 is 12.1 Å². The van der Waals surface area contributed by atoms with Crippen molar-refractivity contribution in [2.45, 2.75) is 238 Å². The van der Waals surface area contributed by atoms with Crippen molar-refractivity contribution >= 4 is 17.9 Å². The fourth-order valence-electron chi connectivity index (χ4n) is 7.26. The molecule has 1 heterocycles. The number of β-amino-alcohol motifs (C(OH)–C–C–N with tert-alkyl or cyclic N) is 1. The van der Waals surface area contributed by atoms with Crippen LogP contribution in [-0.2, 0) is 28.6 Å². The first-order valence-electron chi connectivity index (χ1n) is 22.3. The molecule has 8 heteroatoms. The molecule has 306 valence electrons. The third kappa shape index (κ3) is 27.9. The van der Waals surface area contributed by atoms with Crippen molar-refractivity contribution in [2.24, 2.45) is 0 Å². The van der Waals surface area contributed by atoms with Gasteiger partial charge in [-0.3, -0.25) is 19.3 Å². The average molecular weight is 738 g/mol. The van der Waals surface area contributed by atoms with Gasteiger partial charge in [0.15, 0.2) is 0 Å². The van der Waals surface area contributed by atoms with Gasteiger partial charge in [0.25, 0.3) is 0 Å². The van der Waals surface area contributed by atoms with E-state index in [1.165, 1.54) is 109 Å². The summed E-state index contributed by atoms with van der Waals surface area (Å²) in [6.07, 6.45) is 32.4. The molecule has 1 unspecified atom stereocenters. The Kier molecular flexibility index (Phi) is 32.6. The number of rotatable bonds is 37. The van der Waals surface area contributed by atoms with Crippen molar-refractivity contribution in [3.8, 4) is 0 Å². The summed E-state index contributed by atoms with van der Waals surface area (Å²) in [5, 5.41) is 10.3. The van der Waals surface area contributed by atoms with E-state index in [1.54, 1.807) is 0 Å². The monoisotopic (exact) mass is 738 g/mol. The number of aliphatic hydroxyl groups excluding tert-OH is 1. The third-order valence-corrected chi connectivity index (χ3v) is 10.6. The van der Waals surface area contributed by atoms with E-state index in [0.29, 0.717) is 51.8 Å². The van der Waals surface area contributed by atoms with Gasteiger partial charge < -0.3 is 19.3 Å². The highest BCUT2D eigenvalue weighted by Crippen LogP contribution is 2.21. The van der Waals surface area contributed by atoms with Crippen molar-refractivity contribution < 1.29 is 33.7 Å². The van der Waals surface area contributed by atoms with Crippen molar-refractivity contribution in [3.05, 3.63) is 0 Å². The molecule has 0 aromatic carbocycles. The Morgan fingerprint density at radius 1 is 0.558 bits per heavy atom. The van der Waals surface area contributed by atoms with Gasteiger partial charge in [-0.1, -0.05) is 143 Å². The first kappa shape index (κ1) is 48.3. The summed E-state index contributed by atoms with van der Waals surface area (Å²) in [5.41, 5.74) is 0. The highest BCUT2D eigenvalue weighted by molar-refractivity contribution is 5.76. The number of aliphatic hydroxyl groups is 1. The molecule has 0 aliphatic carbocycles. The normalized spacial score (nSPS) is 16.1. The van der Waals surface area contributed by atoms with Crippen LogP contribution in [0.2, 0.25) is 0 Å². The molecule has 1 rings (SSSR count). The Labute approximate surface area is 320 Å². The second-order valence-electron chi connectivity index (χ2n) is 15.6.